The van der Waals surface area contributed by atoms with Crippen LogP contribution in [0.25, 0.3) is 0 Å². The van der Waals surface area contributed by atoms with Gasteiger partial charge in [0.2, 0.25) is 0 Å². The summed E-state index contributed by atoms with van der Waals surface area (Å²) in [4.78, 5) is 45.0. The number of Topliss-reactive ketones (excluding diaryl/α,β-unsaturated/α-hetero) is 1. The summed E-state index contributed by atoms with van der Waals surface area (Å²) < 4.78 is 7.25. The van der Waals surface area contributed by atoms with Gasteiger partial charge in [-0.25, -0.2) is 4.98 Å². The third kappa shape index (κ3) is 3.52. The Kier molecular flexibility index (Phi) is 5.22. The van der Waals surface area contributed by atoms with Gasteiger partial charge in [0, 0.05) is 42.7 Å². The molecule has 8 heteroatoms. The van der Waals surface area contributed by atoms with E-state index in [0.717, 1.165) is 0 Å². The fraction of sp³-hybridized carbons (Fsp3) is 0.273. The van der Waals surface area contributed by atoms with Crippen LogP contribution in [0.3, 0.4) is 0 Å². The Morgan fingerprint density at radius 2 is 2.07 bits per heavy atom. The largest absolute Gasteiger partial charge is 0.496 e. The number of hydrogen-bond acceptors (Lipinski definition) is 5. The lowest BCUT2D eigenvalue weighted by atomic mass is 9.93. The standard InChI is InChI=1S/C22H22N4O4/c1-26-11-10-23-20(26)19(13-6-3-4-9-18(13)30-2)25-22(29)15-12-14-16(24-21(15)28)7-5-8-17(14)27/h3-4,6,9-12,19H,5,7-8H2,1-2H3,(H,24,28)(H,25,29)/t19-/m0/s1. The molecule has 8 nitrogen and oxygen atoms in total. The molecule has 2 heterocycles. The molecule has 0 saturated heterocycles. The molecule has 1 aliphatic rings. The molecule has 1 atom stereocenters. The molecule has 1 aromatic carbocycles. The molecule has 30 heavy (non-hydrogen) atoms. The van der Waals surface area contributed by atoms with Gasteiger partial charge >= 0.3 is 0 Å². The lowest BCUT2D eigenvalue weighted by Crippen LogP contribution is -2.35. The number of ketones is 1. The summed E-state index contributed by atoms with van der Waals surface area (Å²) in [5.74, 6) is 0.516. The van der Waals surface area contributed by atoms with Crippen LogP contribution in [-0.4, -0.2) is 33.3 Å². The van der Waals surface area contributed by atoms with Gasteiger partial charge < -0.3 is 19.6 Å². The Balaban J connectivity index is 1.75. The van der Waals surface area contributed by atoms with Crippen LogP contribution in [0.5, 0.6) is 5.75 Å². The lowest BCUT2D eigenvalue weighted by molar-refractivity contribution is 0.0939. The molecule has 1 amide bonds. The van der Waals surface area contributed by atoms with Gasteiger partial charge in [0.1, 0.15) is 23.2 Å². The molecule has 1 aliphatic carbocycles. The van der Waals surface area contributed by atoms with Gasteiger partial charge in [-0.05, 0) is 25.0 Å². The summed E-state index contributed by atoms with van der Waals surface area (Å²) in [6, 6.07) is 8.05. The predicted molar refractivity (Wildman–Crippen MR) is 110 cm³/mol. The van der Waals surface area contributed by atoms with E-state index < -0.39 is 17.5 Å². The number of imidazole rings is 1. The number of H-pyrrole nitrogens is 1. The number of para-hydroxylation sites is 1. The molecule has 0 saturated carbocycles. The zero-order valence-corrected chi connectivity index (χ0v) is 16.8. The fourth-order valence-corrected chi connectivity index (χ4v) is 3.79. The van der Waals surface area contributed by atoms with Crippen molar-refractivity contribution >= 4 is 11.7 Å². The number of carbonyl (C=O) groups excluding carboxylic acids is 2. The Morgan fingerprint density at radius 1 is 1.27 bits per heavy atom. The molecule has 0 bridgehead atoms. The van der Waals surface area contributed by atoms with E-state index in [1.807, 2.05) is 25.2 Å². The van der Waals surface area contributed by atoms with Crippen LogP contribution in [0.4, 0.5) is 0 Å². The highest BCUT2D eigenvalue weighted by atomic mass is 16.5. The smallest absolute Gasteiger partial charge is 0.261 e. The Morgan fingerprint density at radius 3 is 2.80 bits per heavy atom. The van der Waals surface area contributed by atoms with Gasteiger partial charge in [-0.15, -0.1) is 0 Å². The van der Waals surface area contributed by atoms with Crippen molar-refractivity contribution in [1.82, 2.24) is 19.9 Å². The number of aromatic amines is 1. The zero-order valence-electron chi connectivity index (χ0n) is 16.8. The molecule has 2 aromatic heterocycles. The first kappa shape index (κ1) is 19.6. The third-order valence-electron chi connectivity index (χ3n) is 5.34. The maximum absolute atomic E-state index is 13.1. The van der Waals surface area contributed by atoms with E-state index in [1.54, 1.807) is 30.1 Å². The Bertz CT molecular complexity index is 1180. The minimum absolute atomic E-state index is 0.0630. The molecule has 3 aromatic rings. The molecule has 0 aliphatic heterocycles. The highest BCUT2D eigenvalue weighted by Crippen LogP contribution is 2.29. The third-order valence-corrected chi connectivity index (χ3v) is 5.34. The number of fused-ring (bicyclic) bond motifs is 1. The first-order chi connectivity index (χ1) is 14.5. The number of aryl methyl sites for hydroxylation is 2. The van der Waals surface area contributed by atoms with Gasteiger partial charge in [0.25, 0.3) is 11.5 Å². The lowest BCUT2D eigenvalue weighted by Gasteiger charge is -2.21. The van der Waals surface area contributed by atoms with Crippen molar-refractivity contribution < 1.29 is 14.3 Å². The van der Waals surface area contributed by atoms with Crippen molar-refractivity contribution in [3.05, 3.63) is 81.3 Å². The number of rotatable bonds is 5. The number of benzene rings is 1. The summed E-state index contributed by atoms with van der Waals surface area (Å²) in [7, 11) is 3.37. The topological polar surface area (TPSA) is 106 Å². The summed E-state index contributed by atoms with van der Waals surface area (Å²) >= 11 is 0. The minimum atomic E-state index is -0.653. The van der Waals surface area contributed by atoms with Gasteiger partial charge in [-0.1, -0.05) is 18.2 Å². The second-order valence-electron chi connectivity index (χ2n) is 7.23. The zero-order chi connectivity index (χ0) is 21.3. The number of nitrogens with zero attached hydrogens (tertiary/aromatic N) is 2. The quantitative estimate of drug-likeness (QED) is 0.675. The van der Waals surface area contributed by atoms with Crippen LogP contribution >= 0.6 is 0 Å². The first-order valence-corrected chi connectivity index (χ1v) is 9.70. The highest BCUT2D eigenvalue weighted by Gasteiger charge is 2.27. The van der Waals surface area contributed by atoms with E-state index in [4.69, 9.17) is 4.74 Å². The SMILES string of the molecule is COc1ccccc1[C@H](NC(=O)c1cc2c([nH]c1=O)CCCC2=O)c1nccn1C. The van der Waals surface area contributed by atoms with E-state index in [-0.39, 0.29) is 11.3 Å². The molecule has 0 radical (unpaired) electrons. The number of hydrogen-bond donors (Lipinski definition) is 2. The average Bonchev–Trinajstić information content (AvgIpc) is 3.17. The Labute approximate surface area is 172 Å². The molecular formula is C22H22N4O4. The molecule has 0 fully saturated rings. The van der Waals surface area contributed by atoms with E-state index in [2.05, 4.69) is 15.3 Å². The second kappa shape index (κ2) is 7.98. The average molecular weight is 406 g/mol. The number of pyridine rings is 1. The van der Waals surface area contributed by atoms with E-state index in [9.17, 15) is 14.4 Å². The van der Waals surface area contributed by atoms with Crippen LogP contribution in [-0.2, 0) is 13.5 Å². The summed E-state index contributed by atoms with van der Waals surface area (Å²) in [6.45, 7) is 0. The monoisotopic (exact) mass is 406 g/mol. The van der Waals surface area contributed by atoms with Crippen LogP contribution in [0.15, 0.2) is 47.5 Å². The molecule has 0 unspecified atom stereocenters. The summed E-state index contributed by atoms with van der Waals surface area (Å²) in [5.41, 5.74) is 1.10. The van der Waals surface area contributed by atoms with Gasteiger partial charge in [-0.3, -0.25) is 14.4 Å². The van der Waals surface area contributed by atoms with Crippen molar-refractivity contribution in [3.8, 4) is 5.75 Å². The molecule has 2 N–H and O–H groups in total. The molecule has 0 spiro atoms. The number of amides is 1. The van der Waals surface area contributed by atoms with Crippen LogP contribution in [0.1, 0.15) is 56.7 Å². The van der Waals surface area contributed by atoms with Crippen LogP contribution in [0.2, 0.25) is 0 Å². The highest BCUT2D eigenvalue weighted by molar-refractivity contribution is 6.01. The van der Waals surface area contributed by atoms with Gasteiger partial charge in [0.15, 0.2) is 5.78 Å². The van der Waals surface area contributed by atoms with E-state index in [0.29, 0.717) is 47.7 Å². The van der Waals surface area contributed by atoms with Crippen molar-refractivity contribution in [1.29, 1.82) is 0 Å². The van der Waals surface area contributed by atoms with E-state index in [1.165, 1.54) is 6.07 Å². The van der Waals surface area contributed by atoms with Gasteiger partial charge in [0.05, 0.1) is 7.11 Å². The van der Waals surface area contributed by atoms with Crippen molar-refractivity contribution in [2.24, 2.45) is 7.05 Å². The first-order valence-electron chi connectivity index (χ1n) is 9.70. The Hall–Kier alpha value is -3.68. The van der Waals surface area contributed by atoms with E-state index >= 15 is 0 Å². The number of carbonyl (C=O) groups is 2. The summed E-state index contributed by atoms with van der Waals surface area (Å²) in [6.07, 6.45) is 5.14. The molecule has 154 valence electrons. The van der Waals surface area contributed by atoms with Crippen molar-refractivity contribution in [2.75, 3.05) is 7.11 Å². The maximum atomic E-state index is 13.1. The number of aromatic nitrogens is 3. The summed E-state index contributed by atoms with van der Waals surface area (Å²) in [5, 5.41) is 2.90. The number of nitrogens with one attached hydrogen (secondary N) is 2. The molecular weight excluding hydrogens is 384 g/mol. The van der Waals surface area contributed by atoms with Crippen molar-refractivity contribution in [2.45, 2.75) is 25.3 Å². The fourth-order valence-electron chi connectivity index (χ4n) is 3.79. The normalized spacial score (nSPS) is 14.1. The minimum Gasteiger partial charge on any atom is -0.496 e. The number of ether oxygens (including phenoxy) is 1. The maximum Gasteiger partial charge on any atom is 0.261 e. The van der Waals surface area contributed by atoms with Crippen molar-refractivity contribution in [3.63, 3.8) is 0 Å². The van der Waals surface area contributed by atoms with Crippen LogP contribution in [0, 0.1) is 0 Å². The molecule has 4 rings (SSSR count). The number of methoxy groups -OCH3 is 1. The predicted octanol–water partition coefficient (Wildman–Crippen LogP) is 2.16. The van der Waals surface area contributed by atoms with Crippen LogP contribution < -0.4 is 15.6 Å². The second-order valence-corrected chi connectivity index (χ2v) is 7.23. The van der Waals surface area contributed by atoms with Gasteiger partial charge in [-0.2, -0.15) is 0 Å².